The zero-order chi connectivity index (χ0) is 14.8. The highest BCUT2D eigenvalue weighted by Crippen LogP contribution is 2.28. The summed E-state index contributed by atoms with van der Waals surface area (Å²) in [5.41, 5.74) is -2.09. The number of hydrogen-bond donors (Lipinski definition) is 0. The Morgan fingerprint density at radius 3 is 2.32 bits per heavy atom. The number of carbonyl (C=O) groups excluding carboxylic acids is 2. The van der Waals surface area contributed by atoms with Gasteiger partial charge in [0.2, 0.25) is 0 Å². The van der Waals surface area contributed by atoms with Crippen molar-refractivity contribution in [1.82, 2.24) is 0 Å². The van der Waals surface area contributed by atoms with E-state index in [0.29, 0.717) is 0 Å². The maximum Gasteiger partial charge on any atom is 0.344 e. The maximum atomic E-state index is 14.0. The largest absolute Gasteiger partial charge is 0.493 e. The van der Waals surface area contributed by atoms with Gasteiger partial charge in [-0.05, 0) is 26.8 Å². The maximum absolute atomic E-state index is 14.0. The fourth-order valence-electron chi connectivity index (χ4n) is 1.43. The molecule has 0 radical (unpaired) electrons. The van der Waals surface area contributed by atoms with Crippen LogP contribution in [0.25, 0.3) is 0 Å². The molecule has 104 valence electrons. The lowest BCUT2D eigenvalue weighted by Gasteiger charge is -2.20. The highest BCUT2D eigenvalue weighted by molar-refractivity contribution is 5.93. The van der Waals surface area contributed by atoms with Gasteiger partial charge in [-0.15, -0.1) is 0 Å². The summed E-state index contributed by atoms with van der Waals surface area (Å²) in [7, 11) is 1.11. The van der Waals surface area contributed by atoms with Crippen LogP contribution in [0, 0.1) is 11.6 Å². The monoisotopic (exact) mass is 272 g/mol. The topological polar surface area (TPSA) is 52.6 Å². The number of carbonyl (C=O) groups is 2. The van der Waals surface area contributed by atoms with Crippen LogP contribution in [0.15, 0.2) is 6.07 Å². The Morgan fingerprint density at radius 2 is 1.89 bits per heavy atom. The van der Waals surface area contributed by atoms with Gasteiger partial charge in [0.15, 0.2) is 17.9 Å². The van der Waals surface area contributed by atoms with Crippen molar-refractivity contribution in [2.24, 2.45) is 0 Å². The van der Waals surface area contributed by atoms with E-state index in [1.165, 1.54) is 0 Å². The van der Waals surface area contributed by atoms with Crippen LogP contribution in [0.2, 0.25) is 0 Å². The molecular weight excluding hydrogens is 258 g/mol. The molecule has 0 saturated heterocycles. The normalized spacial score (nSPS) is 11.1. The lowest BCUT2D eigenvalue weighted by Crippen LogP contribution is -2.25. The molecule has 0 amide bonds. The SMILES string of the molecule is COc1c(C=O)cc(F)c(C(=O)OC(C)(C)C)c1F. The van der Waals surface area contributed by atoms with Crippen molar-refractivity contribution in [1.29, 1.82) is 0 Å². The van der Waals surface area contributed by atoms with Crippen LogP contribution in [0.5, 0.6) is 5.75 Å². The fraction of sp³-hybridized carbons (Fsp3) is 0.385. The minimum atomic E-state index is -1.25. The van der Waals surface area contributed by atoms with Crippen LogP contribution in [0.4, 0.5) is 8.78 Å². The Labute approximate surface area is 109 Å². The summed E-state index contributed by atoms with van der Waals surface area (Å²) in [6.07, 6.45) is 0.240. The van der Waals surface area contributed by atoms with Crippen LogP contribution in [0.3, 0.4) is 0 Å². The molecule has 0 unspecified atom stereocenters. The first-order valence-corrected chi connectivity index (χ1v) is 5.45. The summed E-state index contributed by atoms with van der Waals surface area (Å²) in [6.45, 7) is 4.70. The van der Waals surface area contributed by atoms with E-state index in [9.17, 15) is 18.4 Å². The fourth-order valence-corrected chi connectivity index (χ4v) is 1.43. The van der Waals surface area contributed by atoms with Crippen molar-refractivity contribution in [2.75, 3.05) is 7.11 Å². The van der Waals surface area contributed by atoms with Crippen molar-refractivity contribution in [3.05, 3.63) is 28.8 Å². The molecule has 6 heteroatoms. The van der Waals surface area contributed by atoms with Crippen molar-refractivity contribution in [3.63, 3.8) is 0 Å². The molecule has 1 aromatic rings. The number of hydrogen-bond acceptors (Lipinski definition) is 4. The molecule has 0 aliphatic heterocycles. The van der Waals surface area contributed by atoms with Crippen molar-refractivity contribution in [2.45, 2.75) is 26.4 Å². The molecule has 0 spiro atoms. The number of rotatable bonds is 3. The van der Waals surface area contributed by atoms with Crippen LogP contribution < -0.4 is 4.74 Å². The summed E-state index contributed by atoms with van der Waals surface area (Å²) >= 11 is 0. The Morgan fingerprint density at radius 1 is 1.32 bits per heavy atom. The van der Waals surface area contributed by atoms with E-state index >= 15 is 0 Å². The number of esters is 1. The summed E-state index contributed by atoms with van der Waals surface area (Å²) in [4.78, 5) is 22.4. The van der Waals surface area contributed by atoms with Gasteiger partial charge in [-0.3, -0.25) is 4.79 Å². The van der Waals surface area contributed by atoms with E-state index in [4.69, 9.17) is 4.74 Å². The zero-order valence-electron chi connectivity index (χ0n) is 11.0. The molecule has 0 aliphatic carbocycles. The van der Waals surface area contributed by atoms with Gasteiger partial charge in [0.05, 0.1) is 12.7 Å². The first kappa shape index (κ1) is 15.1. The lowest BCUT2D eigenvalue weighted by atomic mass is 10.1. The van der Waals surface area contributed by atoms with E-state index < -0.39 is 34.5 Å². The van der Waals surface area contributed by atoms with Crippen LogP contribution in [-0.4, -0.2) is 25.0 Å². The molecule has 4 nitrogen and oxygen atoms in total. The van der Waals surface area contributed by atoms with Crippen molar-refractivity contribution in [3.8, 4) is 5.75 Å². The molecule has 19 heavy (non-hydrogen) atoms. The molecule has 0 N–H and O–H groups in total. The molecule has 1 rings (SSSR count). The third-order valence-corrected chi connectivity index (χ3v) is 2.14. The summed E-state index contributed by atoms with van der Waals surface area (Å²) in [5.74, 6) is -4.07. The third-order valence-electron chi connectivity index (χ3n) is 2.14. The van der Waals surface area contributed by atoms with Crippen LogP contribution in [-0.2, 0) is 4.74 Å². The summed E-state index contributed by atoms with van der Waals surface area (Å²) in [5, 5.41) is 0. The highest BCUT2D eigenvalue weighted by atomic mass is 19.1. The van der Waals surface area contributed by atoms with E-state index in [2.05, 4.69) is 4.74 Å². The van der Waals surface area contributed by atoms with Crippen molar-refractivity contribution < 1.29 is 27.8 Å². The van der Waals surface area contributed by atoms with Crippen molar-refractivity contribution >= 4 is 12.3 Å². The zero-order valence-corrected chi connectivity index (χ0v) is 11.0. The quantitative estimate of drug-likeness (QED) is 0.627. The first-order valence-electron chi connectivity index (χ1n) is 5.45. The van der Waals surface area contributed by atoms with Crippen LogP contribution >= 0.6 is 0 Å². The second-order valence-corrected chi connectivity index (χ2v) is 4.79. The highest BCUT2D eigenvalue weighted by Gasteiger charge is 2.28. The Hall–Kier alpha value is -1.98. The van der Waals surface area contributed by atoms with E-state index in [0.717, 1.165) is 13.2 Å². The third kappa shape index (κ3) is 3.27. The molecule has 0 heterocycles. The average molecular weight is 272 g/mol. The van der Waals surface area contributed by atoms with Gasteiger partial charge in [-0.2, -0.15) is 0 Å². The predicted molar refractivity (Wildman–Crippen MR) is 63.5 cm³/mol. The van der Waals surface area contributed by atoms with Gasteiger partial charge in [0.25, 0.3) is 0 Å². The number of aldehydes is 1. The lowest BCUT2D eigenvalue weighted by molar-refractivity contribution is 0.00585. The average Bonchev–Trinajstić information content (AvgIpc) is 2.25. The predicted octanol–water partition coefficient (Wildman–Crippen LogP) is 2.74. The number of ether oxygens (including phenoxy) is 2. The van der Waals surface area contributed by atoms with Gasteiger partial charge in [-0.25, -0.2) is 13.6 Å². The standard InChI is InChI=1S/C13H14F2O4/c1-13(2,3)19-12(17)9-8(14)5-7(6-16)11(18-4)10(9)15/h5-6H,1-4H3. The van der Waals surface area contributed by atoms with E-state index in [-0.39, 0.29) is 11.8 Å². The smallest absolute Gasteiger partial charge is 0.344 e. The summed E-state index contributed by atoms with van der Waals surface area (Å²) in [6, 6.07) is 0.730. The second kappa shape index (κ2) is 5.34. The number of halogens is 2. The van der Waals surface area contributed by atoms with Gasteiger partial charge in [0, 0.05) is 0 Å². The number of methoxy groups -OCH3 is 1. The summed E-state index contributed by atoms with van der Waals surface area (Å²) < 4.78 is 37.2. The molecule has 0 saturated carbocycles. The second-order valence-electron chi connectivity index (χ2n) is 4.79. The molecular formula is C13H14F2O4. The molecule has 0 aliphatic rings. The molecule has 1 aromatic carbocycles. The Balaban J connectivity index is 3.36. The minimum absolute atomic E-state index is 0.240. The van der Waals surface area contributed by atoms with Crippen LogP contribution in [0.1, 0.15) is 41.5 Å². The Bertz CT molecular complexity index is 518. The van der Waals surface area contributed by atoms with Gasteiger partial charge in [0.1, 0.15) is 17.0 Å². The molecule has 0 atom stereocenters. The van der Waals surface area contributed by atoms with Gasteiger partial charge >= 0.3 is 5.97 Å². The molecule has 0 aromatic heterocycles. The van der Waals surface area contributed by atoms with E-state index in [1.54, 1.807) is 20.8 Å². The Kier molecular flexibility index (Phi) is 4.24. The number of benzene rings is 1. The minimum Gasteiger partial charge on any atom is -0.493 e. The first-order chi connectivity index (χ1) is 8.71. The van der Waals surface area contributed by atoms with E-state index in [1.807, 2.05) is 0 Å². The molecule has 0 fully saturated rings. The molecule has 0 bridgehead atoms. The van der Waals surface area contributed by atoms with Gasteiger partial charge in [-0.1, -0.05) is 0 Å². The van der Waals surface area contributed by atoms with Gasteiger partial charge < -0.3 is 9.47 Å².